The fraction of sp³-hybridized carbons (Fsp3) is 0.909. The topological polar surface area (TPSA) is 17.1 Å². The molecule has 0 N–H and O–H groups in total. The van der Waals surface area contributed by atoms with Crippen LogP contribution in [0.3, 0.4) is 0 Å². The molecular weight excluding hydrogens is 148 g/mol. The Morgan fingerprint density at radius 2 is 1.75 bits per heavy atom. The van der Waals surface area contributed by atoms with Gasteiger partial charge in [-0.2, -0.15) is 0 Å². The van der Waals surface area contributed by atoms with Crippen LogP contribution in [0.4, 0.5) is 0 Å². The van der Waals surface area contributed by atoms with Crippen molar-refractivity contribution in [3.63, 3.8) is 0 Å². The maximum absolute atomic E-state index is 11.2. The smallest absolute Gasteiger partial charge is 0.133 e. The highest BCUT2D eigenvalue weighted by molar-refractivity contribution is 5.81. The minimum absolute atomic E-state index is 0.525. The van der Waals surface area contributed by atoms with Crippen LogP contribution in [0.1, 0.15) is 51.4 Å². The normalized spacial score (nSPS) is 35.2. The van der Waals surface area contributed by atoms with Crippen molar-refractivity contribution in [2.24, 2.45) is 10.8 Å². The van der Waals surface area contributed by atoms with Gasteiger partial charge in [-0.3, -0.25) is 4.79 Å². The molecule has 0 aromatic heterocycles. The summed E-state index contributed by atoms with van der Waals surface area (Å²) in [5.74, 6) is 0.532. The average Bonchev–Trinajstić information content (AvgIpc) is 2.23. The van der Waals surface area contributed by atoms with E-state index in [0.29, 0.717) is 11.2 Å². The van der Waals surface area contributed by atoms with Crippen molar-refractivity contribution in [3.8, 4) is 0 Å². The molecule has 3 rings (SSSR count). The lowest BCUT2D eigenvalue weighted by Crippen LogP contribution is -2.49. The van der Waals surface area contributed by atoms with Crippen LogP contribution in [0.15, 0.2) is 0 Å². The molecule has 0 bridgehead atoms. The zero-order valence-electron chi connectivity index (χ0n) is 7.57. The summed E-state index contributed by atoms with van der Waals surface area (Å²) in [7, 11) is 0. The number of Topliss-reactive ketones (excluding diaryl/α,β-unsaturated/α-hetero) is 1. The first-order valence-electron chi connectivity index (χ1n) is 5.24. The van der Waals surface area contributed by atoms with E-state index in [2.05, 4.69) is 0 Å². The summed E-state index contributed by atoms with van der Waals surface area (Å²) in [5, 5.41) is 0. The Kier molecular flexibility index (Phi) is 1.15. The van der Waals surface area contributed by atoms with E-state index < -0.39 is 0 Å². The molecule has 0 atom stereocenters. The van der Waals surface area contributed by atoms with Crippen LogP contribution in [0.25, 0.3) is 0 Å². The molecule has 0 heterocycles. The quantitative estimate of drug-likeness (QED) is 0.538. The Balaban J connectivity index is 1.70. The van der Waals surface area contributed by atoms with Gasteiger partial charge in [0, 0.05) is 12.8 Å². The summed E-state index contributed by atoms with van der Waals surface area (Å²) in [6, 6.07) is 0. The highest BCUT2D eigenvalue weighted by atomic mass is 16.1. The van der Waals surface area contributed by atoms with Gasteiger partial charge >= 0.3 is 0 Å². The number of hydrogen-bond donors (Lipinski definition) is 0. The van der Waals surface area contributed by atoms with Gasteiger partial charge in [-0.15, -0.1) is 0 Å². The lowest BCUT2D eigenvalue weighted by molar-refractivity contribution is -0.123. The maximum atomic E-state index is 11.2. The van der Waals surface area contributed by atoms with E-state index in [1.54, 1.807) is 0 Å². The van der Waals surface area contributed by atoms with E-state index in [1.165, 1.54) is 38.5 Å². The van der Waals surface area contributed by atoms with E-state index in [9.17, 15) is 4.79 Å². The van der Waals surface area contributed by atoms with E-state index in [-0.39, 0.29) is 0 Å². The van der Waals surface area contributed by atoms with Crippen molar-refractivity contribution in [3.05, 3.63) is 0 Å². The molecule has 0 amide bonds. The number of hydrogen-bond acceptors (Lipinski definition) is 1. The highest BCUT2D eigenvalue weighted by Gasteiger charge is 2.58. The largest absolute Gasteiger partial charge is 0.300 e. The van der Waals surface area contributed by atoms with Crippen molar-refractivity contribution < 1.29 is 4.79 Å². The molecule has 0 saturated heterocycles. The molecule has 3 fully saturated rings. The van der Waals surface area contributed by atoms with Crippen LogP contribution in [-0.4, -0.2) is 5.78 Å². The number of ketones is 1. The summed E-state index contributed by atoms with van der Waals surface area (Å²) in [5.41, 5.74) is 1.28. The van der Waals surface area contributed by atoms with Gasteiger partial charge < -0.3 is 0 Å². The van der Waals surface area contributed by atoms with Gasteiger partial charge in [0.15, 0.2) is 0 Å². The average molecular weight is 164 g/mol. The molecule has 0 aromatic carbocycles. The lowest BCUT2D eigenvalue weighted by Gasteiger charge is -2.60. The Labute approximate surface area is 73.5 Å². The van der Waals surface area contributed by atoms with Crippen LogP contribution in [0, 0.1) is 10.8 Å². The SMILES string of the molecule is O=C1CCC2(C1)CC1(CCC1)C2. The van der Waals surface area contributed by atoms with Crippen molar-refractivity contribution in [1.82, 2.24) is 0 Å². The van der Waals surface area contributed by atoms with Crippen molar-refractivity contribution >= 4 is 5.78 Å². The number of carbonyl (C=O) groups is 1. The minimum atomic E-state index is 0.525. The third kappa shape index (κ3) is 0.773. The summed E-state index contributed by atoms with van der Waals surface area (Å²) < 4.78 is 0. The molecular formula is C11H16O. The van der Waals surface area contributed by atoms with Crippen molar-refractivity contribution in [1.29, 1.82) is 0 Å². The van der Waals surface area contributed by atoms with Gasteiger partial charge in [0.05, 0.1) is 0 Å². The molecule has 0 aromatic rings. The van der Waals surface area contributed by atoms with Gasteiger partial charge in [0.2, 0.25) is 0 Å². The highest BCUT2D eigenvalue weighted by Crippen LogP contribution is 2.68. The van der Waals surface area contributed by atoms with Crippen LogP contribution in [0.5, 0.6) is 0 Å². The zero-order chi connectivity index (χ0) is 8.23. The Morgan fingerprint density at radius 3 is 2.17 bits per heavy atom. The maximum Gasteiger partial charge on any atom is 0.133 e. The Bertz CT molecular complexity index is 229. The summed E-state index contributed by atoms with van der Waals surface area (Å²) in [6.45, 7) is 0. The third-order valence-electron chi connectivity index (χ3n) is 4.42. The molecule has 3 saturated carbocycles. The second-order valence-electron chi connectivity index (χ2n) is 5.42. The molecule has 1 heteroatoms. The Morgan fingerprint density at radius 1 is 1.00 bits per heavy atom. The molecule has 3 aliphatic rings. The first kappa shape index (κ1) is 7.11. The van der Waals surface area contributed by atoms with Crippen LogP contribution < -0.4 is 0 Å². The minimum Gasteiger partial charge on any atom is -0.300 e. The third-order valence-corrected chi connectivity index (χ3v) is 4.42. The Hall–Kier alpha value is -0.330. The van der Waals surface area contributed by atoms with E-state index in [4.69, 9.17) is 0 Å². The van der Waals surface area contributed by atoms with E-state index in [0.717, 1.165) is 18.3 Å². The van der Waals surface area contributed by atoms with Gasteiger partial charge in [0.1, 0.15) is 5.78 Å². The summed E-state index contributed by atoms with van der Waals surface area (Å²) in [6.07, 6.45) is 10.2. The first-order chi connectivity index (χ1) is 5.72. The van der Waals surface area contributed by atoms with Crippen molar-refractivity contribution in [2.75, 3.05) is 0 Å². The fourth-order valence-corrected chi connectivity index (χ4v) is 3.87. The van der Waals surface area contributed by atoms with Crippen LogP contribution in [0.2, 0.25) is 0 Å². The first-order valence-corrected chi connectivity index (χ1v) is 5.24. The lowest BCUT2D eigenvalue weighted by atomic mass is 9.45. The predicted octanol–water partition coefficient (Wildman–Crippen LogP) is 2.69. The molecule has 0 unspecified atom stereocenters. The molecule has 0 radical (unpaired) electrons. The number of rotatable bonds is 0. The van der Waals surface area contributed by atoms with Gasteiger partial charge in [-0.05, 0) is 42.9 Å². The predicted molar refractivity (Wildman–Crippen MR) is 46.8 cm³/mol. The standard InChI is InChI=1S/C11H16O/c12-9-2-5-11(6-9)7-10(8-11)3-1-4-10/h1-8H2. The summed E-state index contributed by atoms with van der Waals surface area (Å²) in [4.78, 5) is 11.2. The fourth-order valence-electron chi connectivity index (χ4n) is 3.87. The second kappa shape index (κ2) is 1.94. The monoisotopic (exact) mass is 164 g/mol. The van der Waals surface area contributed by atoms with Crippen LogP contribution >= 0.6 is 0 Å². The van der Waals surface area contributed by atoms with Gasteiger partial charge in [-0.1, -0.05) is 6.42 Å². The zero-order valence-corrected chi connectivity index (χ0v) is 7.57. The van der Waals surface area contributed by atoms with E-state index in [1.807, 2.05) is 0 Å². The number of carbonyl (C=O) groups excluding carboxylic acids is 1. The molecule has 3 aliphatic carbocycles. The van der Waals surface area contributed by atoms with Crippen molar-refractivity contribution in [2.45, 2.75) is 51.4 Å². The summed E-state index contributed by atoms with van der Waals surface area (Å²) >= 11 is 0. The molecule has 2 spiro atoms. The van der Waals surface area contributed by atoms with Gasteiger partial charge in [-0.25, -0.2) is 0 Å². The second-order valence-corrected chi connectivity index (χ2v) is 5.42. The van der Waals surface area contributed by atoms with Crippen LogP contribution in [-0.2, 0) is 4.79 Å². The molecule has 0 aliphatic heterocycles. The molecule has 1 nitrogen and oxygen atoms in total. The molecule has 12 heavy (non-hydrogen) atoms. The van der Waals surface area contributed by atoms with Gasteiger partial charge in [0.25, 0.3) is 0 Å². The molecule has 66 valence electrons. The van der Waals surface area contributed by atoms with E-state index >= 15 is 0 Å².